The van der Waals surface area contributed by atoms with E-state index in [0.717, 1.165) is 42.7 Å². The zero-order valence-electron chi connectivity index (χ0n) is 14.7. The minimum absolute atomic E-state index is 0.00201. The zero-order valence-corrected chi connectivity index (χ0v) is 14.7. The number of imidazole rings is 1. The van der Waals surface area contributed by atoms with Crippen LogP contribution < -0.4 is 5.32 Å². The van der Waals surface area contributed by atoms with Gasteiger partial charge in [0.25, 0.3) is 0 Å². The van der Waals surface area contributed by atoms with E-state index in [1.807, 2.05) is 18.2 Å². The van der Waals surface area contributed by atoms with E-state index in [2.05, 4.69) is 48.0 Å². The van der Waals surface area contributed by atoms with Crippen LogP contribution in [-0.2, 0) is 24.1 Å². The highest BCUT2D eigenvalue weighted by atomic mass is 16.1. The maximum Gasteiger partial charge on any atom is 0.227 e. The number of amides is 1. The van der Waals surface area contributed by atoms with Crippen molar-refractivity contribution in [2.75, 3.05) is 5.32 Å². The Bertz CT molecular complexity index is 941. The Morgan fingerprint density at radius 3 is 2.96 bits per heavy atom. The van der Waals surface area contributed by atoms with Crippen LogP contribution in [0.4, 0.5) is 5.69 Å². The summed E-state index contributed by atoms with van der Waals surface area (Å²) in [7, 11) is 0. The van der Waals surface area contributed by atoms with E-state index in [0.29, 0.717) is 0 Å². The van der Waals surface area contributed by atoms with Gasteiger partial charge in [0.15, 0.2) is 0 Å². The lowest BCUT2D eigenvalue weighted by molar-refractivity contribution is -0.120. The Balaban J connectivity index is 1.58. The summed E-state index contributed by atoms with van der Waals surface area (Å²) in [6.45, 7) is 4.19. The van der Waals surface area contributed by atoms with Gasteiger partial charge in [0, 0.05) is 29.9 Å². The molecule has 25 heavy (non-hydrogen) atoms. The molecule has 1 aromatic carbocycles. The molecule has 4 rings (SSSR count). The molecule has 0 spiro atoms. The smallest absolute Gasteiger partial charge is 0.227 e. The number of benzene rings is 1. The molecule has 2 heterocycles. The fraction of sp³-hybridized carbons (Fsp3) is 0.333. The third-order valence-electron chi connectivity index (χ3n) is 5.14. The molecule has 0 bridgehead atoms. The van der Waals surface area contributed by atoms with Crippen LogP contribution in [0.5, 0.6) is 0 Å². The number of nitrogens with one attached hydrogen (secondary N) is 1. The number of para-hydroxylation sites is 1. The molecule has 1 N–H and O–H groups in total. The van der Waals surface area contributed by atoms with Crippen LogP contribution in [0.2, 0.25) is 0 Å². The number of nitrogens with zero attached hydrogens (tertiary/aromatic N) is 2. The van der Waals surface area contributed by atoms with E-state index in [9.17, 15) is 4.79 Å². The second-order valence-electron chi connectivity index (χ2n) is 6.88. The van der Waals surface area contributed by atoms with Gasteiger partial charge in [0.1, 0.15) is 5.65 Å². The number of carbonyl (C=O) groups excluding carboxylic acids is 1. The number of aryl methyl sites for hydroxylation is 3. The second kappa shape index (κ2) is 6.36. The maximum atomic E-state index is 12.8. The molecular weight excluding hydrogens is 310 g/mol. The molecule has 1 aliphatic rings. The number of carbonyl (C=O) groups is 1. The number of aromatic nitrogens is 2. The van der Waals surface area contributed by atoms with Crippen LogP contribution in [-0.4, -0.2) is 15.3 Å². The van der Waals surface area contributed by atoms with Gasteiger partial charge in [-0.25, -0.2) is 4.98 Å². The Labute approximate surface area is 147 Å². The Kier molecular flexibility index (Phi) is 4.04. The third-order valence-corrected chi connectivity index (χ3v) is 5.14. The van der Waals surface area contributed by atoms with Crippen molar-refractivity contribution in [1.29, 1.82) is 0 Å². The first kappa shape index (κ1) is 15.9. The fourth-order valence-corrected chi connectivity index (χ4v) is 3.72. The van der Waals surface area contributed by atoms with Crippen LogP contribution in [0.3, 0.4) is 0 Å². The van der Waals surface area contributed by atoms with Crippen LogP contribution in [0.15, 0.2) is 42.6 Å². The molecule has 128 valence electrons. The largest absolute Gasteiger partial charge is 0.326 e. The summed E-state index contributed by atoms with van der Waals surface area (Å²) in [5.41, 5.74) is 6.63. The predicted molar refractivity (Wildman–Crippen MR) is 99.9 cm³/mol. The molecule has 1 aliphatic carbocycles. The highest BCUT2D eigenvalue weighted by Crippen LogP contribution is 2.28. The lowest BCUT2D eigenvalue weighted by Gasteiger charge is -2.22. The molecule has 4 heteroatoms. The average Bonchev–Trinajstić information content (AvgIpc) is 2.99. The predicted octanol–water partition coefficient (Wildman–Crippen LogP) is 3.95. The van der Waals surface area contributed by atoms with E-state index < -0.39 is 0 Å². The highest BCUT2D eigenvalue weighted by Gasteiger charge is 2.28. The second-order valence-corrected chi connectivity index (χ2v) is 6.88. The first-order valence-electron chi connectivity index (χ1n) is 9.01. The number of rotatable bonds is 3. The van der Waals surface area contributed by atoms with Gasteiger partial charge in [-0.05, 0) is 49.4 Å². The van der Waals surface area contributed by atoms with Gasteiger partial charge in [0.2, 0.25) is 5.91 Å². The number of fused-ring (bicyclic) bond motifs is 3. The van der Waals surface area contributed by atoms with Gasteiger partial charge in [-0.15, -0.1) is 0 Å². The molecule has 0 radical (unpaired) electrons. The molecule has 0 fully saturated rings. The van der Waals surface area contributed by atoms with Crippen LogP contribution in [0.1, 0.15) is 35.9 Å². The Hall–Kier alpha value is -2.62. The van der Waals surface area contributed by atoms with Gasteiger partial charge in [-0.1, -0.05) is 31.2 Å². The van der Waals surface area contributed by atoms with Crippen LogP contribution >= 0.6 is 0 Å². The van der Waals surface area contributed by atoms with Crippen molar-refractivity contribution in [3.8, 4) is 0 Å². The number of anilines is 1. The first-order valence-corrected chi connectivity index (χ1v) is 9.01. The summed E-state index contributed by atoms with van der Waals surface area (Å²) in [5.74, 6) is 0.118. The molecule has 0 aliphatic heterocycles. The lowest BCUT2D eigenvalue weighted by Crippen LogP contribution is -2.29. The van der Waals surface area contributed by atoms with Crippen LogP contribution in [0.25, 0.3) is 5.65 Å². The molecular formula is C21H23N3O. The van der Waals surface area contributed by atoms with E-state index in [1.165, 1.54) is 16.8 Å². The summed E-state index contributed by atoms with van der Waals surface area (Å²) in [6, 6.07) is 12.2. The van der Waals surface area contributed by atoms with E-state index >= 15 is 0 Å². The SMILES string of the molecule is CCc1ccccc1NC(=O)C1CCc2nc3ccc(C)cn3c2C1. The maximum absolute atomic E-state index is 12.8. The van der Waals surface area contributed by atoms with Crippen molar-refractivity contribution in [3.63, 3.8) is 0 Å². The summed E-state index contributed by atoms with van der Waals surface area (Å²) in [4.78, 5) is 17.6. The monoisotopic (exact) mass is 333 g/mol. The number of pyridine rings is 1. The Morgan fingerprint density at radius 1 is 1.28 bits per heavy atom. The first-order chi connectivity index (χ1) is 12.2. The summed E-state index contributed by atoms with van der Waals surface area (Å²) in [5, 5.41) is 3.15. The molecule has 1 amide bonds. The topological polar surface area (TPSA) is 46.4 Å². The van der Waals surface area contributed by atoms with E-state index in [4.69, 9.17) is 4.98 Å². The van der Waals surface area contributed by atoms with Crippen LogP contribution in [0, 0.1) is 12.8 Å². The van der Waals surface area contributed by atoms with E-state index in [-0.39, 0.29) is 11.8 Å². The van der Waals surface area contributed by atoms with Gasteiger partial charge < -0.3 is 9.72 Å². The van der Waals surface area contributed by atoms with E-state index in [1.54, 1.807) is 0 Å². The molecule has 0 saturated carbocycles. The molecule has 1 atom stereocenters. The van der Waals surface area contributed by atoms with Crippen molar-refractivity contribution >= 4 is 17.2 Å². The van der Waals surface area contributed by atoms with Crippen molar-refractivity contribution in [2.24, 2.45) is 5.92 Å². The van der Waals surface area contributed by atoms with Crippen molar-refractivity contribution in [2.45, 2.75) is 39.5 Å². The summed E-state index contributed by atoms with van der Waals surface area (Å²) in [6.07, 6.45) is 5.51. The minimum atomic E-state index is -0.00201. The molecule has 3 aromatic rings. The normalized spacial score (nSPS) is 16.6. The minimum Gasteiger partial charge on any atom is -0.326 e. The number of hydrogen-bond acceptors (Lipinski definition) is 2. The summed E-state index contributed by atoms with van der Waals surface area (Å²) < 4.78 is 2.16. The van der Waals surface area contributed by atoms with Crippen molar-refractivity contribution < 1.29 is 4.79 Å². The highest BCUT2D eigenvalue weighted by molar-refractivity contribution is 5.93. The molecule has 1 unspecified atom stereocenters. The molecule has 0 saturated heterocycles. The van der Waals surface area contributed by atoms with Gasteiger partial charge in [-0.3, -0.25) is 4.79 Å². The van der Waals surface area contributed by atoms with Gasteiger partial charge in [-0.2, -0.15) is 0 Å². The van der Waals surface area contributed by atoms with Gasteiger partial charge >= 0.3 is 0 Å². The number of hydrogen-bond donors (Lipinski definition) is 1. The van der Waals surface area contributed by atoms with Crippen molar-refractivity contribution in [3.05, 3.63) is 65.1 Å². The summed E-state index contributed by atoms with van der Waals surface area (Å²) >= 11 is 0. The quantitative estimate of drug-likeness (QED) is 0.789. The zero-order chi connectivity index (χ0) is 17.4. The van der Waals surface area contributed by atoms with Crippen molar-refractivity contribution in [1.82, 2.24) is 9.38 Å². The third kappa shape index (κ3) is 2.93. The fourth-order valence-electron chi connectivity index (χ4n) is 3.72. The molecule has 4 nitrogen and oxygen atoms in total. The average molecular weight is 333 g/mol. The van der Waals surface area contributed by atoms with Gasteiger partial charge in [0.05, 0.1) is 5.69 Å². The Morgan fingerprint density at radius 2 is 2.12 bits per heavy atom. The standard InChI is InChI=1S/C21H23N3O/c1-3-15-6-4-5-7-17(15)23-21(25)16-9-10-18-19(12-16)24-13-14(2)8-11-20(24)22-18/h4-8,11,13,16H,3,9-10,12H2,1-2H3,(H,23,25). The molecule has 2 aromatic heterocycles. The lowest BCUT2D eigenvalue weighted by atomic mass is 9.89.